The van der Waals surface area contributed by atoms with Crippen LogP contribution in [0.2, 0.25) is 0 Å². The van der Waals surface area contributed by atoms with E-state index >= 15 is 0 Å². The minimum absolute atomic E-state index is 0. The summed E-state index contributed by atoms with van der Waals surface area (Å²) in [5, 5.41) is 6.05. The number of carbonyl (C=O) groups excluding carboxylic acids is 3. The summed E-state index contributed by atoms with van der Waals surface area (Å²) in [6, 6.07) is -1.51. The van der Waals surface area contributed by atoms with Crippen LogP contribution in [-0.4, -0.2) is 24.1 Å². The van der Waals surface area contributed by atoms with Crippen molar-refractivity contribution in [2.24, 2.45) is 5.73 Å². The van der Waals surface area contributed by atoms with E-state index in [2.05, 4.69) is 5.32 Å². The molecule has 5 N–H and O–H groups in total. The number of nitrogens with two attached hydrogens (primary N) is 1. The van der Waals surface area contributed by atoms with Gasteiger partial charge in [-0.2, -0.15) is 0 Å². The fraction of sp³-hybridized carbons (Fsp3) is 0.250. The molecule has 0 spiro atoms. The molecule has 7 nitrogen and oxygen atoms in total. The minimum atomic E-state index is -1.04. The summed E-state index contributed by atoms with van der Waals surface area (Å²) in [5.41, 5.74) is 4.70. The first kappa shape index (κ1) is 11.0. The molecule has 1 aliphatic heterocycles. The van der Waals surface area contributed by atoms with Gasteiger partial charge >= 0.3 is 12.1 Å². The van der Waals surface area contributed by atoms with Crippen molar-refractivity contribution in [2.75, 3.05) is 0 Å². The number of rotatable bonds is 1. The fourth-order valence-electron chi connectivity index (χ4n) is 0.661. The second kappa shape index (κ2) is 4.10. The number of carbonyl (C=O) groups is 3. The molecule has 1 heterocycles. The number of hydrogen-bond acceptors (Lipinski definition) is 3. The average Bonchev–Trinajstić information content (AvgIpc) is 2.09. The molecule has 0 bridgehead atoms. The van der Waals surface area contributed by atoms with Crippen molar-refractivity contribution in [2.45, 2.75) is 6.17 Å². The summed E-state index contributed by atoms with van der Waals surface area (Å²) in [6.45, 7) is 0. The van der Waals surface area contributed by atoms with Gasteiger partial charge < -0.3 is 16.4 Å². The third-order valence-electron chi connectivity index (χ3n) is 1.06. The summed E-state index contributed by atoms with van der Waals surface area (Å²) < 4.78 is 0. The summed E-state index contributed by atoms with van der Waals surface area (Å²) >= 11 is 0. The molecular formula is C4H6AgN4O3. The molecule has 1 rings (SSSR count). The molecular weight excluding hydrogens is 260 g/mol. The van der Waals surface area contributed by atoms with Gasteiger partial charge in [0, 0.05) is 22.4 Å². The summed E-state index contributed by atoms with van der Waals surface area (Å²) in [6.07, 6.45) is -1.04. The Morgan fingerprint density at radius 3 is 2.42 bits per heavy atom. The zero-order valence-corrected chi connectivity index (χ0v) is 7.16. The molecule has 1 unspecified atom stereocenters. The Kier molecular flexibility index (Phi) is 3.74. The first-order chi connectivity index (χ1) is 5.09. The van der Waals surface area contributed by atoms with Crippen LogP contribution in [0.25, 0.3) is 0 Å². The van der Waals surface area contributed by atoms with Crippen molar-refractivity contribution in [1.82, 2.24) is 16.0 Å². The van der Waals surface area contributed by atoms with Crippen LogP contribution in [0.5, 0.6) is 0 Å². The maximum absolute atomic E-state index is 10.7. The molecule has 12 heavy (non-hydrogen) atoms. The van der Waals surface area contributed by atoms with E-state index in [1.165, 1.54) is 0 Å². The number of primary amides is 1. The van der Waals surface area contributed by atoms with Crippen molar-refractivity contribution in [1.29, 1.82) is 0 Å². The third-order valence-corrected chi connectivity index (χ3v) is 1.06. The van der Waals surface area contributed by atoms with Gasteiger partial charge in [0.05, 0.1) is 0 Å². The van der Waals surface area contributed by atoms with E-state index < -0.39 is 24.1 Å². The maximum atomic E-state index is 10.7. The van der Waals surface area contributed by atoms with E-state index in [1.807, 2.05) is 10.6 Å². The van der Waals surface area contributed by atoms with Crippen LogP contribution < -0.4 is 21.7 Å². The molecule has 0 aliphatic carbocycles. The van der Waals surface area contributed by atoms with Crippen molar-refractivity contribution in [3.05, 3.63) is 0 Å². The van der Waals surface area contributed by atoms with Crippen LogP contribution in [-0.2, 0) is 27.2 Å². The number of hydrogen-bond donors (Lipinski definition) is 4. The van der Waals surface area contributed by atoms with Gasteiger partial charge in [-0.3, -0.25) is 10.1 Å². The molecule has 1 radical (unpaired) electrons. The standard InChI is InChI=1S/C4H6N4O3.Ag/c5-3(10)6-1-2(9)8-4(11)7-1;/h1H,(H3,5,6,10)(H2,7,8,9,11);. The Balaban J connectivity index is 0.00000121. The van der Waals surface area contributed by atoms with Crippen molar-refractivity contribution in [3.63, 3.8) is 0 Å². The summed E-state index contributed by atoms with van der Waals surface area (Å²) in [4.78, 5) is 31.3. The first-order valence-corrected chi connectivity index (χ1v) is 2.77. The predicted octanol–water partition coefficient (Wildman–Crippen LogP) is -2.18. The Hall–Kier alpha value is -1.05. The molecule has 1 fully saturated rings. The van der Waals surface area contributed by atoms with E-state index in [0.717, 1.165) is 0 Å². The molecule has 0 aromatic carbocycles. The molecule has 8 heteroatoms. The Morgan fingerprint density at radius 1 is 1.50 bits per heavy atom. The van der Waals surface area contributed by atoms with Gasteiger partial charge in [-0.25, -0.2) is 9.59 Å². The fourth-order valence-corrected chi connectivity index (χ4v) is 0.661. The number of imide groups is 1. The van der Waals surface area contributed by atoms with E-state index in [1.54, 1.807) is 0 Å². The van der Waals surface area contributed by atoms with E-state index in [-0.39, 0.29) is 22.4 Å². The third kappa shape index (κ3) is 2.53. The van der Waals surface area contributed by atoms with E-state index in [4.69, 9.17) is 5.73 Å². The number of nitrogens with one attached hydrogen (secondary N) is 3. The summed E-state index contributed by atoms with van der Waals surface area (Å²) in [7, 11) is 0. The van der Waals surface area contributed by atoms with Gasteiger partial charge in [0.1, 0.15) is 0 Å². The van der Waals surface area contributed by atoms with Gasteiger partial charge in [-0.05, 0) is 0 Å². The Morgan fingerprint density at radius 2 is 2.08 bits per heavy atom. The van der Waals surface area contributed by atoms with Crippen LogP contribution in [0.15, 0.2) is 0 Å². The van der Waals surface area contributed by atoms with Crippen LogP contribution in [0.3, 0.4) is 0 Å². The zero-order chi connectivity index (χ0) is 8.43. The van der Waals surface area contributed by atoms with Gasteiger partial charge in [0.15, 0.2) is 6.17 Å². The largest absolute Gasteiger partial charge is 0.352 e. The molecule has 1 saturated heterocycles. The molecule has 0 aromatic rings. The second-order valence-corrected chi connectivity index (χ2v) is 1.90. The first-order valence-electron chi connectivity index (χ1n) is 2.77. The second-order valence-electron chi connectivity index (χ2n) is 1.90. The van der Waals surface area contributed by atoms with Crippen LogP contribution in [0.1, 0.15) is 0 Å². The van der Waals surface area contributed by atoms with Crippen LogP contribution in [0.4, 0.5) is 9.59 Å². The van der Waals surface area contributed by atoms with Gasteiger partial charge in [0.2, 0.25) is 0 Å². The molecule has 1 atom stereocenters. The van der Waals surface area contributed by atoms with Crippen molar-refractivity contribution < 1.29 is 36.8 Å². The van der Waals surface area contributed by atoms with E-state index in [9.17, 15) is 14.4 Å². The average molecular weight is 266 g/mol. The maximum Gasteiger partial charge on any atom is 0.323 e. The molecule has 5 amide bonds. The smallest absolute Gasteiger partial charge is 0.323 e. The number of urea groups is 2. The normalized spacial score (nSPS) is 20.5. The quantitative estimate of drug-likeness (QED) is 0.319. The van der Waals surface area contributed by atoms with Crippen LogP contribution >= 0.6 is 0 Å². The molecule has 1 aliphatic rings. The van der Waals surface area contributed by atoms with Crippen molar-refractivity contribution >= 4 is 18.0 Å². The van der Waals surface area contributed by atoms with Gasteiger partial charge in [0.25, 0.3) is 5.91 Å². The Labute approximate surface area is 82.9 Å². The zero-order valence-electron chi connectivity index (χ0n) is 5.68. The SMILES string of the molecule is NC(=O)NC1NC(=O)NC1=O.[Ag]. The monoisotopic (exact) mass is 265 g/mol. The minimum Gasteiger partial charge on any atom is -0.352 e. The van der Waals surface area contributed by atoms with Gasteiger partial charge in [-0.15, -0.1) is 0 Å². The van der Waals surface area contributed by atoms with E-state index in [0.29, 0.717) is 0 Å². The molecule has 71 valence electrons. The van der Waals surface area contributed by atoms with Crippen LogP contribution in [0, 0.1) is 0 Å². The summed E-state index contributed by atoms with van der Waals surface area (Å²) in [5.74, 6) is -0.617. The topological polar surface area (TPSA) is 113 Å². The molecule has 0 aromatic heterocycles. The Bertz CT molecular complexity index is 230. The molecule has 0 saturated carbocycles. The van der Waals surface area contributed by atoms with Gasteiger partial charge in [-0.1, -0.05) is 0 Å². The number of amides is 5. The van der Waals surface area contributed by atoms with Crippen molar-refractivity contribution in [3.8, 4) is 0 Å². The predicted molar refractivity (Wildman–Crippen MR) is 33.2 cm³/mol.